The highest BCUT2D eigenvalue weighted by molar-refractivity contribution is 5.83. The Kier molecular flexibility index (Phi) is 7.35. The van der Waals surface area contributed by atoms with Crippen LogP contribution in [0.25, 0.3) is 10.9 Å². The number of benzene rings is 2. The normalized spacial score (nSPS) is 18.8. The Balaban J connectivity index is 1.22. The van der Waals surface area contributed by atoms with Crippen LogP contribution in [0.1, 0.15) is 24.0 Å². The van der Waals surface area contributed by atoms with Crippen LogP contribution in [0.5, 0.6) is 11.5 Å². The maximum Gasteiger partial charge on any atom is 0.157 e. The van der Waals surface area contributed by atoms with Gasteiger partial charge in [0.05, 0.1) is 39.0 Å². The zero-order chi connectivity index (χ0) is 21.5. The fourth-order valence-electron chi connectivity index (χ4n) is 3.92. The van der Waals surface area contributed by atoms with E-state index in [1.54, 1.807) is 14.2 Å². The summed E-state index contributed by atoms with van der Waals surface area (Å²) in [5.74, 6) is 1.75. The van der Waals surface area contributed by atoms with E-state index < -0.39 is 0 Å². The molecule has 0 spiro atoms. The van der Waals surface area contributed by atoms with E-state index in [1.807, 2.05) is 36.5 Å². The lowest BCUT2D eigenvalue weighted by atomic mass is 10.0. The second-order valence-corrected chi connectivity index (χ2v) is 7.73. The summed E-state index contributed by atoms with van der Waals surface area (Å²) in [6, 6.07) is 16.3. The minimum atomic E-state index is -0.146. The van der Waals surface area contributed by atoms with Crippen LogP contribution in [0, 0.1) is 0 Å². The van der Waals surface area contributed by atoms with Crippen LogP contribution in [0.3, 0.4) is 0 Å². The summed E-state index contributed by atoms with van der Waals surface area (Å²) in [6.07, 6.45) is 4.53. The van der Waals surface area contributed by atoms with Gasteiger partial charge in [-0.1, -0.05) is 18.2 Å². The van der Waals surface area contributed by atoms with Gasteiger partial charge in [-0.3, -0.25) is 4.98 Å². The number of nitrogens with one attached hydrogen (secondary N) is 1. The molecule has 31 heavy (non-hydrogen) atoms. The van der Waals surface area contributed by atoms with Gasteiger partial charge in [0, 0.05) is 23.7 Å². The number of pyridine rings is 1. The van der Waals surface area contributed by atoms with E-state index in [2.05, 4.69) is 28.5 Å². The van der Waals surface area contributed by atoms with Crippen LogP contribution in [0.4, 0.5) is 0 Å². The molecule has 0 bridgehead atoms. The zero-order valence-electron chi connectivity index (χ0n) is 18.2. The average molecular weight is 423 g/mol. The molecule has 0 atom stereocenters. The van der Waals surface area contributed by atoms with Crippen molar-refractivity contribution in [3.63, 3.8) is 0 Å². The smallest absolute Gasteiger partial charge is 0.157 e. The van der Waals surface area contributed by atoms with Crippen molar-refractivity contribution < 1.29 is 18.9 Å². The van der Waals surface area contributed by atoms with Crippen LogP contribution in [0.15, 0.2) is 54.7 Å². The van der Waals surface area contributed by atoms with Crippen molar-refractivity contribution in [2.75, 3.05) is 27.4 Å². The summed E-state index contributed by atoms with van der Waals surface area (Å²) in [5.41, 5.74) is 3.40. The summed E-state index contributed by atoms with van der Waals surface area (Å²) in [7, 11) is 3.38. The predicted octanol–water partition coefficient (Wildman–Crippen LogP) is 4.11. The Bertz CT molecular complexity index is 986. The molecule has 4 rings (SSSR count). The summed E-state index contributed by atoms with van der Waals surface area (Å²) in [4.78, 5) is 4.45. The van der Waals surface area contributed by atoms with E-state index in [-0.39, 0.29) is 12.3 Å². The monoisotopic (exact) mass is 422 g/mol. The van der Waals surface area contributed by atoms with E-state index in [4.69, 9.17) is 18.9 Å². The molecule has 6 nitrogen and oxygen atoms in total. The molecule has 1 fully saturated rings. The molecule has 0 amide bonds. The van der Waals surface area contributed by atoms with Crippen molar-refractivity contribution >= 4 is 10.9 Å². The Hall–Kier alpha value is -2.67. The molecule has 2 aromatic carbocycles. The van der Waals surface area contributed by atoms with E-state index in [1.165, 1.54) is 5.56 Å². The quantitative estimate of drug-likeness (QED) is 0.560. The highest BCUT2D eigenvalue weighted by atomic mass is 16.7. The van der Waals surface area contributed by atoms with Crippen molar-refractivity contribution in [3.8, 4) is 11.5 Å². The van der Waals surface area contributed by atoms with Gasteiger partial charge in [-0.15, -0.1) is 0 Å². The van der Waals surface area contributed by atoms with Gasteiger partial charge < -0.3 is 24.3 Å². The van der Waals surface area contributed by atoms with E-state index >= 15 is 0 Å². The van der Waals surface area contributed by atoms with Crippen molar-refractivity contribution in [2.45, 2.75) is 38.1 Å². The lowest BCUT2D eigenvalue weighted by molar-refractivity contribution is -0.192. The van der Waals surface area contributed by atoms with Crippen molar-refractivity contribution in [2.24, 2.45) is 0 Å². The van der Waals surface area contributed by atoms with Gasteiger partial charge >= 0.3 is 0 Å². The first kappa shape index (κ1) is 21.6. The zero-order valence-corrected chi connectivity index (χ0v) is 18.2. The molecule has 0 saturated carbocycles. The molecule has 1 N–H and O–H groups in total. The Morgan fingerprint density at radius 2 is 1.84 bits per heavy atom. The van der Waals surface area contributed by atoms with Crippen LogP contribution >= 0.6 is 0 Å². The van der Waals surface area contributed by atoms with Gasteiger partial charge in [0.2, 0.25) is 0 Å². The van der Waals surface area contributed by atoms with Crippen LogP contribution in [-0.2, 0) is 22.4 Å². The summed E-state index contributed by atoms with van der Waals surface area (Å²) >= 11 is 0. The highest BCUT2D eigenvalue weighted by Gasteiger charge is 2.22. The third-order valence-electron chi connectivity index (χ3n) is 5.67. The van der Waals surface area contributed by atoms with Crippen molar-refractivity contribution in [1.82, 2.24) is 10.3 Å². The van der Waals surface area contributed by atoms with Crippen LogP contribution in [0.2, 0.25) is 0 Å². The molecule has 0 aliphatic carbocycles. The molecule has 1 aliphatic heterocycles. The van der Waals surface area contributed by atoms with Gasteiger partial charge in [-0.2, -0.15) is 0 Å². The van der Waals surface area contributed by atoms with Crippen molar-refractivity contribution in [3.05, 3.63) is 65.9 Å². The number of para-hydroxylation sites is 1. The number of hydrogen-bond acceptors (Lipinski definition) is 6. The molecule has 2 heterocycles. The number of nitrogens with zero attached hydrogens (tertiary/aromatic N) is 1. The minimum Gasteiger partial charge on any atom is -0.497 e. The third kappa shape index (κ3) is 5.53. The number of fused-ring (bicyclic) bond motifs is 1. The van der Waals surface area contributed by atoms with Gasteiger partial charge in [-0.25, -0.2) is 0 Å². The molecule has 6 heteroatoms. The Morgan fingerprint density at radius 3 is 2.65 bits per heavy atom. The number of rotatable bonds is 9. The lowest BCUT2D eigenvalue weighted by Gasteiger charge is -2.30. The van der Waals surface area contributed by atoms with Crippen LogP contribution < -0.4 is 14.8 Å². The summed E-state index contributed by atoms with van der Waals surface area (Å²) in [6.45, 7) is 2.02. The SMILES string of the molecule is COc1ccc2nccc(CCC[C@H]3OC[C@H](NCc4ccccc4OC)CO3)c2c1. The number of aryl methyl sites for hydroxylation is 1. The van der Waals surface area contributed by atoms with Gasteiger partial charge in [-0.05, 0) is 55.2 Å². The molecule has 0 radical (unpaired) electrons. The first-order valence-corrected chi connectivity index (χ1v) is 10.8. The standard InChI is InChI=1S/C25H30N2O4/c1-28-21-10-11-23-22(14-21)18(12-13-26-23)7-5-9-25-30-16-20(17-31-25)27-15-19-6-3-4-8-24(19)29-2/h3-4,6,8,10-14,20,25,27H,5,7,9,15-17H2,1-2H3/t20-,25-. The van der Waals surface area contributed by atoms with Crippen molar-refractivity contribution in [1.29, 1.82) is 0 Å². The molecular weight excluding hydrogens is 392 g/mol. The first-order chi connectivity index (χ1) is 15.3. The Morgan fingerprint density at radius 1 is 1.00 bits per heavy atom. The fourth-order valence-corrected chi connectivity index (χ4v) is 3.92. The average Bonchev–Trinajstić information content (AvgIpc) is 2.83. The topological polar surface area (TPSA) is 61.8 Å². The van der Waals surface area contributed by atoms with Gasteiger partial charge in [0.25, 0.3) is 0 Å². The van der Waals surface area contributed by atoms with Gasteiger partial charge in [0.1, 0.15) is 11.5 Å². The second kappa shape index (κ2) is 10.6. The third-order valence-corrected chi connectivity index (χ3v) is 5.67. The molecule has 1 aliphatic rings. The number of hydrogen-bond donors (Lipinski definition) is 1. The first-order valence-electron chi connectivity index (χ1n) is 10.8. The molecule has 164 valence electrons. The molecule has 1 aromatic heterocycles. The fraction of sp³-hybridized carbons (Fsp3) is 0.400. The van der Waals surface area contributed by atoms with Crippen LogP contribution in [-0.4, -0.2) is 44.7 Å². The summed E-state index contributed by atoms with van der Waals surface area (Å²) in [5, 5.41) is 4.64. The Labute approximate surface area is 183 Å². The molecule has 0 unspecified atom stereocenters. The second-order valence-electron chi connectivity index (χ2n) is 7.73. The summed E-state index contributed by atoms with van der Waals surface area (Å²) < 4.78 is 22.7. The molecule has 3 aromatic rings. The van der Waals surface area contributed by atoms with E-state index in [0.29, 0.717) is 13.2 Å². The largest absolute Gasteiger partial charge is 0.497 e. The molecule has 1 saturated heterocycles. The number of methoxy groups -OCH3 is 2. The van der Waals surface area contributed by atoms with E-state index in [9.17, 15) is 0 Å². The maximum absolute atomic E-state index is 5.95. The number of ether oxygens (including phenoxy) is 4. The lowest BCUT2D eigenvalue weighted by Crippen LogP contribution is -2.44. The van der Waals surface area contributed by atoms with Gasteiger partial charge in [0.15, 0.2) is 6.29 Å². The highest BCUT2D eigenvalue weighted by Crippen LogP contribution is 2.24. The minimum absolute atomic E-state index is 0.146. The van der Waals surface area contributed by atoms with E-state index in [0.717, 1.165) is 53.8 Å². The predicted molar refractivity (Wildman–Crippen MR) is 121 cm³/mol. The number of aromatic nitrogens is 1. The maximum atomic E-state index is 5.95. The molecular formula is C25H30N2O4.